The second-order valence-corrected chi connectivity index (χ2v) is 5.72. The Morgan fingerprint density at radius 2 is 1.96 bits per heavy atom. The van der Waals surface area contributed by atoms with Crippen LogP contribution in [0.1, 0.15) is 24.5 Å². The lowest BCUT2D eigenvalue weighted by Crippen LogP contribution is -2.15. The summed E-state index contributed by atoms with van der Waals surface area (Å²) in [6.07, 6.45) is 3.27. The molecule has 3 aromatic rings. The van der Waals surface area contributed by atoms with Crippen molar-refractivity contribution in [3.63, 3.8) is 0 Å². The zero-order chi connectivity index (χ0) is 16.2. The van der Waals surface area contributed by atoms with Crippen molar-refractivity contribution in [2.24, 2.45) is 0 Å². The Bertz CT molecular complexity index is 818. The summed E-state index contributed by atoms with van der Waals surface area (Å²) >= 11 is 0. The van der Waals surface area contributed by atoms with Gasteiger partial charge in [-0.15, -0.1) is 0 Å². The third-order valence-corrected chi connectivity index (χ3v) is 4.10. The van der Waals surface area contributed by atoms with Crippen LogP contribution in [0.15, 0.2) is 48.7 Å². The molecule has 1 N–H and O–H groups in total. The normalized spacial score (nSPS) is 10.9. The maximum Gasteiger partial charge on any atom is 0.226 e. The lowest BCUT2D eigenvalue weighted by Gasteiger charge is -2.07. The summed E-state index contributed by atoms with van der Waals surface area (Å²) in [5, 5.41) is 8.47. The number of nitrogens with one attached hydrogen (secondary N) is 1. The van der Waals surface area contributed by atoms with Crippen LogP contribution in [0, 0.1) is 6.92 Å². The number of hydrogen-bond donors (Lipinski definition) is 1. The van der Waals surface area contributed by atoms with Gasteiger partial charge in [-0.3, -0.25) is 9.48 Å². The quantitative estimate of drug-likeness (QED) is 0.776. The molecular weight excluding hydrogens is 286 g/mol. The lowest BCUT2D eigenvalue weighted by atomic mass is 10.1. The Labute approximate surface area is 136 Å². The minimum atomic E-state index is 0.00514. The van der Waals surface area contributed by atoms with Crippen LogP contribution in [0.25, 0.3) is 10.9 Å². The molecule has 1 aromatic heterocycles. The molecule has 2 aromatic carbocycles. The predicted octanol–water partition coefficient (Wildman–Crippen LogP) is 3.94. The molecule has 23 heavy (non-hydrogen) atoms. The van der Waals surface area contributed by atoms with Crippen molar-refractivity contribution in [1.29, 1.82) is 0 Å². The van der Waals surface area contributed by atoms with Gasteiger partial charge in [0, 0.05) is 17.5 Å². The fraction of sp³-hybridized carbons (Fsp3) is 0.263. The fourth-order valence-electron chi connectivity index (χ4n) is 2.68. The third-order valence-electron chi connectivity index (χ3n) is 4.10. The van der Waals surface area contributed by atoms with Crippen LogP contribution in [0.5, 0.6) is 0 Å². The fourth-order valence-corrected chi connectivity index (χ4v) is 2.68. The summed E-state index contributed by atoms with van der Waals surface area (Å²) in [4.78, 5) is 12.1. The Morgan fingerprint density at radius 1 is 1.17 bits per heavy atom. The van der Waals surface area contributed by atoms with E-state index in [9.17, 15) is 4.79 Å². The number of rotatable bonds is 5. The molecular formula is C19H21N3O. The smallest absolute Gasteiger partial charge is 0.226 e. The van der Waals surface area contributed by atoms with Crippen LogP contribution < -0.4 is 5.32 Å². The maximum absolute atomic E-state index is 12.1. The molecule has 0 aliphatic heterocycles. The number of anilines is 1. The second kappa shape index (κ2) is 6.65. The highest BCUT2D eigenvalue weighted by Gasteiger charge is 2.07. The minimum Gasteiger partial charge on any atom is -0.326 e. The molecule has 0 unspecified atom stereocenters. The maximum atomic E-state index is 12.1. The van der Waals surface area contributed by atoms with Gasteiger partial charge >= 0.3 is 0 Å². The molecule has 0 fully saturated rings. The molecule has 118 valence electrons. The molecule has 0 aliphatic rings. The first kappa shape index (κ1) is 15.3. The van der Waals surface area contributed by atoms with E-state index in [4.69, 9.17) is 0 Å². The SMILES string of the molecule is CCc1ccc(NC(=O)CCn2ncc3c(C)cccc32)cc1. The summed E-state index contributed by atoms with van der Waals surface area (Å²) in [6.45, 7) is 4.76. The number of aromatic nitrogens is 2. The largest absolute Gasteiger partial charge is 0.326 e. The predicted molar refractivity (Wildman–Crippen MR) is 93.5 cm³/mol. The number of nitrogens with zero attached hydrogens (tertiary/aromatic N) is 2. The highest BCUT2D eigenvalue weighted by atomic mass is 16.1. The summed E-state index contributed by atoms with van der Waals surface area (Å²) in [6, 6.07) is 14.1. The van der Waals surface area contributed by atoms with E-state index >= 15 is 0 Å². The number of carbonyl (C=O) groups is 1. The van der Waals surface area contributed by atoms with Crippen LogP contribution in [0.3, 0.4) is 0 Å². The highest BCUT2D eigenvalue weighted by Crippen LogP contribution is 2.18. The van der Waals surface area contributed by atoms with Crippen LogP contribution in [-0.2, 0) is 17.8 Å². The van der Waals surface area contributed by atoms with Gasteiger partial charge < -0.3 is 5.32 Å². The molecule has 0 aliphatic carbocycles. The molecule has 3 rings (SSSR count). The number of benzene rings is 2. The summed E-state index contributed by atoms with van der Waals surface area (Å²) < 4.78 is 1.89. The zero-order valence-corrected chi connectivity index (χ0v) is 13.5. The molecule has 0 bridgehead atoms. The summed E-state index contributed by atoms with van der Waals surface area (Å²) in [5.41, 5.74) is 4.38. The van der Waals surface area contributed by atoms with Gasteiger partial charge in [-0.25, -0.2) is 0 Å². The molecule has 0 radical (unpaired) electrons. The van der Waals surface area contributed by atoms with E-state index in [1.807, 2.05) is 47.3 Å². The van der Waals surface area contributed by atoms with Gasteiger partial charge in [-0.1, -0.05) is 31.2 Å². The van der Waals surface area contributed by atoms with E-state index in [1.54, 1.807) is 0 Å². The van der Waals surface area contributed by atoms with Crippen LogP contribution in [0.4, 0.5) is 5.69 Å². The van der Waals surface area contributed by atoms with Gasteiger partial charge in [-0.05, 0) is 42.7 Å². The van der Waals surface area contributed by atoms with E-state index in [-0.39, 0.29) is 5.91 Å². The molecule has 1 heterocycles. The lowest BCUT2D eigenvalue weighted by molar-refractivity contribution is -0.116. The zero-order valence-electron chi connectivity index (χ0n) is 13.5. The third kappa shape index (κ3) is 3.42. The average Bonchev–Trinajstić information content (AvgIpc) is 2.98. The topological polar surface area (TPSA) is 46.9 Å². The second-order valence-electron chi connectivity index (χ2n) is 5.72. The Hall–Kier alpha value is -2.62. The number of amides is 1. The van der Waals surface area contributed by atoms with E-state index in [1.165, 1.54) is 11.1 Å². The standard InChI is InChI=1S/C19H21N3O/c1-3-15-7-9-16(10-8-15)21-19(23)11-12-22-18-6-4-5-14(2)17(18)13-20-22/h4-10,13H,3,11-12H2,1-2H3,(H,21,23). The van der Waals surface area contributed by atoms with Crippen molar-refractivity contribution in [2.75, 3.05) is 5.32 Å². The number of hydrogen-bond acceptors (Lipinski definition) is 2. The van der Waals surface area contributed by atoms with E-state index < -0.39 is 0 Å². The van der Waals surface area contributed by atoms with E-state index in [0.29, 0.717) is 13.0 Å². The molecule has 1 amide bonds. The van der Waals surface area contributed by atoms with E-state index in [2.05, 4.69) is 30.3 Å². The van der Waals surface area contributed by atoms with Crippen LogP contribution in [-0.4, -0.2) is 15.7 Å². The first-order valence-corrected chi connectivity index (χ1v) is 7.97. The van der Waals surface area contributed by atoms with Crippen LogP contribution in [0.2, 0.25) is 0 Å². The molecule has 4 heteroatoms. The number of aryl methyl sites for hydroxylation is 3. The first-order valence-electron chi connectivity index (χ1n) is 7.97. The Balaban J connectivity index is 1.62. The monoisotopic (exact) mass is 307 g/mol. The average molecular weight is 307 g/mol. The van der Waals surface area contributed by atoms with Gasteiger partial charge in [-0.2, -0.15) is 5.10 Å². The van der Waals surface area contributed by atoms with Crippen molar-refractivity contribution < 1.29 is 4.79 Å². The van der Waals surface area contributed by atoms with E-state index in [0.717, 1.165) is 23.0 Å². The summed E-state index contributed by atoms with van der Waals surface area (Å²) in [7, 11) is 0. The van der Waals surface area contributed by atoms with Crippen molar-refractivity contribution in [3.8, 4) is 0 Å². The molecule has 0 saturated heterocycles. The molecule has 0 spiro atoms. The summed E-state index contributed by atoms with van der Waals surface area (Å²) in [5.74, 6) is 0.00514. The van der Waals surface area contributed by atoms with Crippen molar-refractivity contribution in [2.45, 2.75) is 33.2 Å². The van der Waals surface area contributed by atoms with Crippen molar-refractivity contribution in [3.05, 3.63) is 59.8 Å². The number of carbonyl (C=O) groups excluding carboxylic acids is 1. The molecule has 0 atom stereocenters. The van der Waals surface area contributed by atoms with Crippen molar-refractivity contribution >= 4 is 22.5 Å². The minimum absolute atomic E-state index is 0.00514. The van der Waals surface area contributed by atoms with Gasteiger partial charge in [0.25, 0.3) is 0 Å². The van der Waals surface area contributed by atoms with Gasteiger partial charge in [0.15, 0.2) is 0 Å². The van der Waals surface area contributed by atoms with Gasteiger partial charge in [0.05, 0.1) is 18.3 Å². The number of fused-ring (bicyclic) bond motifs is 1. The van der Waals surface area contributed by atoms with Gasteiger partial charge in [0.1, 0.15) is 0 Å². The Kier molecular flexibility index (Phi) is 4.42. The van der Waals surface area contributed by atoms with Crippen molar-refractivity contribution in [1.82, 2.24) is 9.78 Å². The first-order chi connectivity index (χ1) is 11.2. The Morgan fingerprint density at radius 3 is 2.70 bits per heavy atom. The highest BCUT2D eigenvalue weighted by molar-refractivity contribution is 5.90. The molecule has 4 nitrogen and oxygen atoms in total. The van der Waals surface area contributed by atoms with Crippen LogP contribution >= 0.6 is 0 Å². The van der Waals surface area contributed by atoms with Gasteiger partial charge in [0.2, 0.25) is 5.91 Å². The molecule has 0 saturated carbocycles.